The topological polar surface area (TPSA) is 46.2 Å². The van der Waals surface area contributed by atoms with Gasteiger partial charge in [-0.1, -0.05) is 23.7 Å². The Balaban J connectivity index is 1.94. The summed E-state index contributed by atoms with van der Waals surface area (Å²) in [6, 6.07) is 8.23. The smallest absolute Gasteiger partial charge is 0.150 e. The molecule has 1 aliphatic rings. The van der Waals surface area contributed by atoms with Crippen LogP contribution in [-0.2, 0) is 9.84 Å². The molecule has 3 nitrogen and oxygen atoms in total. The van der Waals surface area contributed by atoms with E-state index in [0.29, 0.717) is 24.3 Å². The summed E-state index contributed by atoms with van der Waals surface area (Å²) in [5, 5.41) is 4.21. The molecule has 1 heterocycles. The average molecular weight is 288 g/mol. The molecule has 0 amide bonds. The molecule has 1 fully saturated rings. The Bertz CT molecular complexity index is 501. The van der Waals surface area contributed by atoms with Crippen LogP contribution < -0.4 is 5.32 Å². The summed E-state index contributed by atoms with van der Waals surface area (Å²) in [7, 11) is -2.78. The summed E-state index contributed by atoms with van der Waals surface area (Å²) in [5.41, 5.74) is 1.14. The fourth-order valence-corrected chi connectivity index (χ4v) is 3.97. The van der Waals surface area contributed by atoms with Gasteiger partial charge in [0.15, 0.2) is 0 Å². The van der Waals surface area contributed by atoms with E-state index >= 15 is 0 Å². The molecule has 100 valence electrons. The van der Waals surface area contributed by atoms with Crippen molar-refractivity contribution in [2.45, 2.75) is 31.8 Å². The number of sulfone groups is 1. The van der Waals surface area contributed by atoms with Gasteiger partial charge in [-0.15, -0.1) is 0 Å². The molecule has 5 heteroatoms. The molecular formula is C13H18ClNO2S. The summed E-state index contributed by atoms with van der Waals surface area (Å²) < 4.78 is 22.7. The number of hydrogen-bond acceptors (Lipinski definition) is 3. The Labute approximate surface area is 113 Å². The van der Waals surface area contributed by atoms with Gasteiger partial charge in [-0.25, -0.2) is 8.42 Å². The summed E-state index contributed by atoms with van der Waals surface area (Å²) in [4.78, 5) is 0. The van der Waals surface area contributed by atoms with E-state index in [1.807, 2.05) is 24.3 Å². The van der Waals surface area contributed by atoms with Crippen molar-refractivity contribution < 1.29 is 8.42 Å². The zero-order valence-electron chi connectivity index (χ0n) is 10.4. The first kappa shape index (κ1) is 13.8. The third-order valence-corrected chi connectivity index (χ3v) is 5.34. The molecular weight excluding hydrogens is 270 g/mol. The van der Waals surface area contributed by atoms with E-state index in [-0.39, 0.29) is 12.1 Å². The number of halogens is 1. The number of hydrogen-bond donors (Lipinski definition) is 1. The SMILES string of the molecule is C[C@H](NC1CCS(=O)(=O)CC1)c1cccc(Cl)c1. The maximum atomic E-state index is 11.4. The van der Waals surface area contributed by atoms with E-state index in [0.717, 1.165) is 10.6 Å². The first-order chi connectivity index (χ1) is 8.46. The summed E-state index contributed by atoms with van der Waals surface area (Å²) >= 11 is 5.96. The first-order valence-electron chi connectivity index (χ1n) is 6.18. The third-order valence-electron chi connectivity index (χ3n) is 3.39. The highest BCUT2D eigenvalue weighted by molar-refractivity contribution is 7.91. The normalized spacial score (nSPS) is 21.7. The second kappa shape index (κ2) is 5.59. The van der Waals surface area contributed by atoms with Crippen LogP contribution >= 0.6 is 11.6 Å². The van der Waals surface area contributed by atoms with E-state index in [1.165, 1.54) is 0 Å². The monoisotopic (exact) mass is 287 g/mol. The molecule has 0 unspecified atom stereocenters. The lowest BCUT2D eigenvalue weighted by molar-refractivity contribution is 0.420. The van der Waals surface area contributed by atoms with Crippen LogP contribution in [0.15, 0.2) is 24.3 Å². The van der Waals surface area contributed by atoms with Gasteiger partial charge in [-0.3, -0.25) is 0 Å². The quantitative estimate of drug-likeness (QED) is 0.929. The van der Waals surface area contributed by atoms with Gasteiger partial charge in [-0.05, 0) is 37.5 Å². The molecule has 1 aromatic rings. The van der Waals surface area contributed by atoms with Crippen molar-refractivity contribution in [1.82, 2.24) is 5.32 Å². The van der Waals surface area contributed by atoms with Gasteiger partial charge in [0.2, 0.25) is 0 Å². The maximum absolute atomic E-state index is 11.4. The van der Waals surface area contributed by atoms with Crippen LogP contribution in [0.2, 0.25) is 5.02 Å². The lowest BCUT2D eigenvalue weighted by atomic mass is 10.1. The zero-order valence-corrected chi connectivity index (χ0v) is 12.0. The van der Waals surface area contributed by atoms with Gasteiger partial charge in [0.05, 0.1) is 11.5 Å². The van der Waals surface area contributed by atoms with Gasteiger partial charge in [0, 0.05) is 17.1 Å². The average Bonchev–Trinajstić information content (AvgIpc) is 2.32. The highest BCUT2D eigenvalue weighted by Crippen LogP contribution is 2.20. The summed E-state index contributed by atoms with van der Waals surface area (Å²) in [6.07, 6.45) is 1.40. The predicted molar refractivity (Wildman–Crippen MR) is 74.7 cm³/mol. The predicted octanol–water partition coefficient (Wildman–Crippen LogP) is 2.57. The first-order valence-corrected chi connectivity index (χ1v) is 8.38. The van der Waals surface area contributed by atoms with Crippen molar-refractivity contribution in [3.8, 4) is 0 Å². The molecule has 0 spiro atoms. The van der Waals surface area contributed by atoms with Gasteiger partial charge in [0.25, 0.3) is 0 Å². The Morgan fingerprint density at radius 3 is 2.61 bits per heavy atom. The second-order valence-corrected chi connectivity index (χ2v) is 7.61. The van der Waals surface area contributed by atoms with Crippen LogP contribution in [0, 0.1) is 0 Å². The standard InChI is InChI=1S/C13H18ClNO2S/c1-10(11-3-2-4-12(14)9-11)15-13-5-7-18(16,17)8-6-13/h2-4,9-10,13,15H,5-8H2,1H3/t10-/m0/s1. The van der Waals surface area contributed by atoms with E-state index < -0.39 is 9.84 Å². The van der Waals surface area contributed by atoms with Gasteiger partial charge in [0.1, 0.15) is 9.84 Å². The van der Waals surface area contributed by atoms with Gasteiger partial charge < -0.3 is 5.32 Å². The van der Waals surface area contributed by atoms with Crippen molar-refractivity contribution in [3.63, 3.8) is 0 Å². The van der Waals surface area contributed by atoms with Crippen LogP contribution in [0.25, 0.3) is 0 Å². The minimum absolute atomic E-state index is 0.189. The molecule has 1 saturated heterocycles. The van der Waals surface area contributed by atoms with E-state index in [1.54, 1.807) is 0 Å². The molecule has 0 bridgehead atoms. The fraction of sp³-hybridized carbons (Fsp3) is 0.538. The van der Waals surface area contributed by atoms with Gasteiger partial charge in [-0.2, -0.15) is 0 Å². The van der Waals surface area contributed by atoms with Crippen LogP contribution in [-0.4, -0.2) is 26.0 Å². The minimum atomic E-state index is -2.78. The highest BCUT2D eigenvalue weighted by Gasteiger charge is 2.24. The van der Waals surface area contributed by atoms with Crippen LogP contribution in [0.4, 0.5) is 0 Å². The van der Waals surface area contributed by atoms with E-state index in [4.69, 9.17) is 11.6 Å². The largest absolute Gasteiger partial charge is 0.307 e. The van der Waals surface area contributed by atoms with Crippen LogP contribution in [0.3, 0.4) is 0 Å². The molecule has 1 aromatic carbocycles. The van der Waals surface area contributed by atoms with Crippen molar-refractivity contribution in [1.29, 1.82) is 0 Å². The molecule has 1 aliphatic heterocycles. The fourth-order valence-electron chi connectivity index (χ4n) is 2.28. The Morgan fingerprint density at radius 2 is 2.00 bits per heavy atom. The van der Waals surface area contributed by atoms with E-state index in [9.17, 15) is 8.42 Å². The van der Waals surface area contributed by atoms with Gasteiger partial charge >= 0.3 is 0 Å². The highest BCUT2D eigenvalue weighted by atomic mass is 35.5. The lowest BCUT2D eigenvalue weighted by Gasteiger charge is -2.27. The lowest BCUT2D eigenvalue weighted by Crippen LogP contribution is -2.38. The number of nitrogens with one attached hydrogen (secondary N) is 1. The summed E-state index contributed by atoms with van der Waals surface area (Å²) in [5.74, 6) is 0.597. The number of rotatable bonds is 3. The number of benzene rings is 1. The molecule has 0 aliphatic carbocycles. The van der Waals surface area contributed by atoms with Crippen molar-refractivity contribution in [3.05, 3.63) is 34.9 Å². The molecule has 2 rings (SSSR count). The molecule has 0 saturated carbocycles. The second-order valence-electron chi connectivity index (χ2n) is 4.87. The third kappa shape index (κ3) is 3.70. The van der Waals surface area contributed by atoms with Crippen molar-refractivity contribution in [2.24, 2.45) is 0 Å². The molecule has 1 atom stereocenters. The Kier molecular flexibility index (Phi) is 4.30. The maximum Gasteiger partial charge on any atom is 0.150 e. The van der Waals surface area contributed by atoms with E-state index in [2.05, 4.69) is 12.2 Å². The molecule has 18 heavy (non-hydrogen) atoms. The van der Waals surface area contributed by atoms with Crippen LogP contribution in [0.1, 0.15) is 31.4 Å². The minimum Gasteiger partial charge on any atom is -0.307 e. The van der Waals surface area contributed by atoms with Crippen molar-refractivity contribution in [2.75, 3.05) is 11.5 Å². The molecule has 0 aromatic heterocycles. The Hall–Kier alpha value is -0.580. The van der Waals surface area contributed by atoms with Crippen LogP contribution in [0.5, 0.6) is 0 Å². The Morgan fingerprint density at radius 1 is 1.33 bits per heavy atom. The summed E-state index contributed by atoms with van der Waals surface area (Å²) in [6.45, 7) is 2.08. The molecule has 0 radical (unpaired) electrons. The van der Waals surface area contributed by atoms with Crippen molar-refractivity contribution >= 4 is 21.4 Å². The molecule has 1 N–H and O–H groups in total. The zero-order chi connectivity index (χ0) is 13.2.